The Bertz CT molecular complexity index is 526. The van der Waals surface area contributed by atoms with Gasteiger partial charge in [0.15, 0.2) is 0 Å². The minimum Gasteiger partial charge on any atom is -0.487 e. The van der Waals surface area contributed by atoms with E-state index in [0.717, 1.165) is 12.8 Å². The summed E-state index contributed by atoms with van der Waals surface area (Å²) in [5.74, 6) is 0.769. The third-order valence-electron chi connectivity index (χ3n) is 4.65. The quantitative estimate of drug-likeness (QED) is 0.769. The third kappa shape index (κ3) is 2.44. The third-order valence-corrected chi connectivity index (χ3v) is 4.65. The topological polar surface area (TPSA) is 29.5 Å². The Morgan fingerprint density at radius 3 is 2.70 bits per heavy atom. The summed E-state index contributed by atoms with van der Waals surface area (Å²) < 4.78 is 19.7. The molecule has 1 spiro atoms. The Labute approximate surface area is 120 Å². The lowest BCUT2D eigenvalue weighted by atomic mass is 9.63. The van der Waals surface area contributed by atoms with Crippen molar-refractivity contribution in [2.24, 2.45) is 11.3 Å². The highest BCUT2D eigenvalue weighted by atomic mass is 19.1. The van der Waals surface area contributed by atoms with Gasteiger partial charge in [-0.1, -0.05) is 20.8 Å². The van der Waals surface area contributed by atoms with Gasteiger partial charge in [-0.15, -0.1) is 0 Å². The van der Waals surface area contributed by atoms with Gasteiger partial charge in [0.25, 0.3) is 0 Å². The predicted octanol–water partition coefficient (Wildman–Crippen LogP) is 4.23. The first-order chi connectivity index (χ1) is 9.29. The molecule has 1 aromatic rings. The van der Waals surface area contributed by atoms with Gasteiger partial charge in [-0.05, 0) is 42.7 Å². The van der Waals surface area contributed by atoms with E-state index in [4.69, 9.17) is 4.74 Å². The molecule has 1 aliphatic carbocycles. The molecule has 3 heteroatoms. The van der Waals surface area contributed by atoms with Crippen molar-refractivity contribution in [1.82, 2.24) is 0 Å². The van der Waals surface area contributed by atoms with E-state index in [2.05, 4.69) is 20.8 Å². The van der Waals surface area contributed by atoms with Crippen LogP contribution in [0.1, 0.15) is 58.1 Å². The molecule has 3 rings (SSSR count). The zero-order valence-electron chi connectivity index (χ0n) is 12.4. The molecule has 0 saturated heterocycles. The molecule has 2 nitrogen and oxygen atoms in total. The van der Waals surface area contributed by atoms with Crippen molar-refractivity contribution in [1.29, 1.82) is 0 Å². The van der Waals surface area contributed by atoms with E-state index in [9.17, 15) is 9.50 Å². The van der Waals surface area contributed by atoms with Gasteiger partial charge in [0.05, 0.1) is 6.10 Å². The number of fused-ring (bicyclic) bond motifs is 1. The molecule has 2 unspecified atom stereocenters. The number of aliphatic hydroxyl groups is 1. The number of hydrogen-bond donors (Lipinski definition) is 1. The first-order valence-electron chi connectivity index (χ1n) is 7.45. The highest BCUT2D eigenvalue weighted by Crippen LogP contribution is 2.52. The van der Waals surface area contributed by atoms with E-state index in [-0.39, 0.29) is 16.8 Å². The summed E-state index contributed by atoms with van der Waals surface area (Å²) in [7, 11) is 0. The first-order valence-corrected chi connectivity index (χ1v) is 7.45. The zero-order valence-corrected chi connectivity index (χ0v) is 12.4. The average molecular weight is 278 g/mol. The Hall–Kier alpha value is -1.09. The minimum atomic E-state index is -0.555. The van der Waals surface area contributed by atoms with Gasteiger partial charge in [0.2, 0.25) is 0 Å². The highest BCUT2D eigenvalue weighted by Gasteiger charge is 2.48. The lowest BCUT2D eigenvalue weighted by Crippen LogP contribution is -2.49. The van der Waals surface area contributed by atoms with Crippen molar-refractivity contribution in [3.8, 4) is 5.75 Å². The Kier molecular flexibility index (Phi) is 3.09. The monoisotopic (exact) mass is 278 g/mol. The molecule has 1 aliphatic heterocycles. The molecule has 0 aromatic heterocycles. The molecule has 20 heavy (non-hydrogen) atoms. The fourth-order valence-electron chi connectivity index (χ4n) is 4.51. The van der Waals surface area contributed by atoms with Crippen LogP contribution in [0.4, 0.5) is 4.39 Å². The van der Waals surface area contributed by atoms with E-state index in [1.807, 2.05) is 0 Å². The van der Waals surface area contributed by atoms with Gasteiger partial charge in [-0.25, -0.2) is 4.39 Å². The van der Waals surface area contributed by atoms with E-state index in [1.54, 1.807) is 6.07 Å². The number of halogens is 1. The minimum absolute atomic E-state index is 0.197. The standard InChI is InChI=1S/C17H23FO2/c1-11-7-16(2,3)10-17(8-11)9-14(19)13-5-4-12(18)6-15(13)20-17/h4-6,11,14,19H,7-10H2,1-3H3/t11?,14-,17?/m1/s1. The van der Waals surface area contributed by atoms with Crippen molar-refractivity contribution in [2.75, 3.05) is 0 Å². The Morgan fingerprint density at radius 1 is 1.25 bits per heavy atom. The summed E-state index contributed by atoms with van der Waals surface area (Å²) >= 11 is 0. The van der Waals surface area contributed by atoms with Crippen LogP contribution in [0, 0.1) is 17.2 Å². The molecule has 3 atom stereocenters. The van der Waals surface area contributed by atoms with Crippen LogP contribution in [0.25, 0.3) is 0 Å². The highest BCUT2D eigenvalue weighted by molar-refractivity contribution is 5.38. The molecule has 1 aromatic carbocycles. The molecular weight excluding hydrogens is 255 g/mol. The molecule has 1 fully saturated rings. The molecule has 0 bridgehead atoms. The molecule has 2 aliphatic rings. The second-order valence-corrected chi connectivity index (χ2v) is 7.54. The summed E-state index contributed by atoms with van der Waals surface area (Å²) in [6.07, 6.45) is 3.07. The zero-order chi connectivity index (χ0) is 14.5. The first kappa shape index (κ1) is 13.9. The predicted molar refractivity (Wildman–Crippen MR) is 76.1 cm³/mol. The lowest BCUT2D eigenvalue weighted by Gasteiger charge is -2.50. The van der Waals surface area contributed by atoms with Gasteiger partial charge < -0.3 is 9.84 Å². The molecule has 0 amide bonds. The van der Waals surface area contributed by atoms with Gasteiger partial charge in [-0.2, -0.15) is 0 Å². The molecular formula is C17H23FO2. The van der Waals surface area contributed by atoms with Gasteiger partial charge in [0.1, 0.15) is 17.2 Å². The molecule has 1 N–H and O–H groups in total. The number of benzene rings is 1. The smallest absolute Gasteiger partial charge is 0.128 e. The molecule has 1 heterocycles. The van der Waals surface area contributed by atoms with Crippen molar-refractivity contribution in [3.63, 3.8) is 0 Å². The van der Waals surface area contributed by atoms with Crippen LogP contribution in [0.15, 0.2) is 18.2 Å². The van der Waals surface area contributed by atoms with Crippen LogP contribution in [-0.2, 0) is 0 Å². The van der Waals surface area contributed by atoms with E-state index >= 15 is 0 Å². The Balaban J connectivity index is 1.97. The summed E-state index contributed by atoms with van der Waals surface area (Å²) in [5.41, 5.74) is 0.567. The van der Waals surface area contributed by atoms with Crippen molar-refractivity contribution in [2.45, 2.75) is 58.2 Å². The summed E-state index contributed by atoms with van der Waals surface area (Å²) in [5, 5.41) is 10.4. The maximum absolute atomic E-state index is 13.4. The Morgan fingerprint density at radius 2 is 2.00 bits per heavy atom. The molecule has 110 valence electrons. The average Bonchev–Trinajstić information content (AvgIpc) is 2.23. The fourth-order valence-corrected chi connectivity index (χ4v) is 4.51. The van der Waals surface area contributed by atoms with Crippen LogP contribution in [0.2, 0.25) is 0 Å². The number of rotatable bonds is 0. The SMILES string of the molecule is CC1CC(C)(C)CC2(C1)C[C@@H](O)c1ccc(F)cc1O2. The van der Waals surface area contributed by atoms with Crippen LogP contribution >= 0.6 is 0 Å². The van der Waals surface area contributed by atoms with Gasteiger partial charge in [0, 0.05) is 18.1 Å². The van der Waals surface area contributed by atoms with E-state index in [0.29, 0.717) is 23.7 Å². The largest absolute Gasteiger partial charge is 0.487 e. The van der Waals surface area contributed by atoms with E-state index < -0.39 is 6.10 Å². The molecule has 0 radical (unpaired) electrons. The number of ether oxygens (including phenoxy) is 1. The second-order valence-electron chi connectivity index (χ2n) is 7.54. The summed E-state index contributed by atoms with van der Waals surface area (Å²) in [6.45, 7) is 6.74. The van der Waals surface area contributed by atoms with Gasteiger partial charge >= 0.3 is 0 Å². The van der Waals surface area contributed by atoms with E-state index in [1.165, 1.54) is 18.6 Å². The number of aliphatic hydroxyl groups excluding tert-OH is 1. The van der Waals surface area contributed by atoms with Crippen LogP contribution in [-0.4, -0.2) is 10.7 Å². The maximum Gasteiger partial charge on any atom is 0.128 e. The second kappa shape index (κ2) is 4.45. The van der Waals surface area contributed by atoms with Crippen molar-refractivity contribution < 1.29 is 14.2 Å². The normalized spacial score (nSPS) is 35.5. The van der Waals surface area contributed by atoms with Crippen LogP contribution < -0.4 is 4.74 Å². The maximum atomic E-state index is 13.4. The fraction of sp³-hybridized carbons (Fsp3) is 0.647. The summed E-state index contributed by atoms with van der Waals surface area (Å²) in [6, 6.07) is 4.43. The summed E-state index contributed by atoms with van der Waals surface area (Å²) in [4.78, 5) is 0. The van der Waals surface area contributed by atoms with Gasteiger partial charge in [-0.3, -0.25) is 0 Å². The number of hydrogen-bond acceptors (Lipinski definition) is 2. The lowest BCUT2D eigenvalue weighted by molar-refractivity contribution is -0.0823. The molecule has 1 saturated carbocycles. The van der Waals surface area contributed by atoms with Crippen molar-refractivity contribution >= 4 is 0 Å². The van der Waals surface area contributed by atoms with Crippen LogP contribution in [0.3, 0.4) is 0 Å². The van der Waals surface area contributed by atoms with Crippen LogP contribution in [0.5, 0.6) is 5.75 Å². The van der Waals surface area contributed by atoms with Crippen molar-refractivity contribution in [3.05, 3.63) is 29.6 Å².